The standard InChI is InChI=1S/C63H34N4O2S.C3H8/c1-2-13-39-35(12-1)27-31-55-57(39)49-30-24-36(34-56(49)70-55)40-20-11-21-50-58-47-18-5-3-14-41(47)42-15-4-6-19-48(42)60(58)67(59(40)50)63-65-61(37-25-28-45-43-16-7-9-22-51(43)68-53(45)32-37)64-62(66-63)38-26-29-46-44-17-8-10-23-52(44)69-54(46)33-38;1-3-2/h1-34H;3H2,1-2H3. The van der Waals surface area contributed by atoms with Crippen LogP contribution in [0.25, 0.3) is 158 Å². The second-order valence-electron chi connectivity index (χ2n) is 18.9. The predicted molar refractivity (Wildman–Crippen MR) is 306 cm³/mol. The van der Waals surface area contributed by atoms with Gasteiger partial charge in [0.15, 0.2) is 11.6 Å². The Morgan fingerprint density at radius 1 is 0.370 bits per heavy atom. The lowest BCUT2D eigenvalue weighted by atomic mass is 9.95. The van der Waals surface area contributed by atoms with Crippen molar-refractivity contribution < 1.29 is 8.83 Å². The van der Waals surface area contributed by atoms with Crippen LogP contribution in [-0.4, -0.2) is 19.5 Å². The predicted octanol–water partition coefficient (Wildman–Crippen LogP) is 19.0. The summed E-state index contributed by atoms with van der Waals surface area (Å²) >= 11 is 1.85. The zero-order valence-corrected chi connectivity index (χ0v) is 40.7. The minimum atomic E-state index is 0.511. The minimum Gasteiger partial charge on any atom is -0.456 e. The highest BCUT2D eigenvalue weighted by Crippen LogP contribution is 2.47. The molecule has 0 aliphatic rings. The third kappa shape index (κ3) is 6.32. The Labute approximate surface area is 422 Å². The Morgan fingerprint density at radius 2 is 0.890 bits per heavy atom. The van der Waals surface area contributed by atoms with E-state index in [1.165, 1.54) is 48.1 Å². The molecule has 0 atom stereocenters. The van der Waals surface area contributed by atoms with Crippen LogP contribution in [0.5, 0.6) is 0 Å². The van der Waals surface area contributed by atoms with Crippen LogP contribution in [0.1, 0.15) is 20.3 Å². The van der Waals surface area contributed by atoms with Crippen molar-refractivity contribution in [1.82, 2.24) is 19.5 Å². The first-order valence-corrected chi connectivity index (χ1v) is 25.7. The molecule has 7 heteroatoms. The summed E-state index contributed by atoms with van der Waals surface area (Å²) in [6, 6.07) is 73.3. The molecule has 0 aliphatic heterocycles. The number of nitrogens with zero attached hydrogens (tertiary/aromatic N) is 4. The molecule has 0 N–H and O–H groups in total. The van der Waals surface area contributed by atoms with E-state index >= 15 is 0 Å². The number of hydrogen-bond acceptors (Lipinski definition) is 6. The molecule has 0 spiro atoms. The molecule has 0 amide bonds. The van der Waals surface area contributed by atoms with Crippen LogP contribution < -0.4 is 0 Å². The highest BCUT2D eigenvalue weighted by Gasteiger charge is 2.25. The third-order valence-electron chi connectivity index (χ3n) is 14.4. The van der Waals surface area contributed by atoms with E-state index < -0.39 is 0 Å². The number of rotatable bonds is 4. The summed E-state index contributed by atoms with van der Waals surface area (Å²) in [6.07, 6.45) is 1.25. The van der Waals surface area contributed by atoms with Crippen molar-refractivity contribution in [3.63, 3.8) is 0 Å². The second-order valence-corrected chi connectivity index (χ2v) is 20.0. The molecule has 0 saturated heterocycles. The summed E-state index contributed by atoms with van der Waals surface area (Å²) in [4.78, 5) is 16.4. The molecule has 0 saturated carbocycles. The van der Waals surface area contributed by atoms with Crippen LogP contribution in [0.3, 0.4) is 0 Å². The van der Waals surface area contributed by atoms with Crippen molar-refractivity contribution in [2.45, 2.75) is 20.3 Å². The van der Waals surface area contributed by atoms with E-state index in [0.717, 1.165) is 98.7 Å². The maximum atomic E-state index is 6.46. The van der Waals surface area contributed by atoms with Gasteiger partial charge in [-0.15, -0.1) is 11.3 Å². The molecule has 344 valence electrons. The number of fused-ring (bicyclic) bond motifs is 19. The largest absolute Gasteiger partial charge is 0.456 e. The van der Waals surface area contributed by atoms with Gasteiger partial charge in [0.1, 0.15) is 22.3 Å². The van der Waals surface area contributed by atoms with Crippen molar-refractivity contribution in [1.29, 1.82) is 0 Å². The van der Waals surface area contributed by atoms with Crippen LogP contribution in [0.4, 0.5) is 0 Å². The highest BCUT2D eigenvalue weighted by molar-refractivity contribution is 7.26. The van der Waals surface area contributed by atoms with Crippen LogP contribution in [-0.2, 0) is 0 Å². The van der Waals surface area contributed by atoms with Crippen molar-refractivity contribution in [2.75, 3.05) is 0 Å². The first-order chi connectivity index (χ1) is 36.1. The number of para-hydroxylation sites is 3. The molecule has 0 fully saturated rings. The Kier molecular flexibility index (Phi) is 9.22. The fourth-order valence-electron chi connectivity index (χ4n) is 11.3. The average Bonchev–Trinajstić information content (AvgIpc) is 4.22. The zero-order valence-electron chi connectivity index (χ0n) is 39.9. The zero-order chi connectivity index (χ0) is 48.3. The third-order valence-corrected chi connectivity index (χ3v) is 15.5. The van der Waals surface area contributed by atoms with Gasteiger partial charge < -0.3 is 8.83 Å². The SMILES string of the molecule is CCC.c1ccc2c(c1)ccc1sc3cc(-c4cccc5c6c7ccccc7c7ccccc7c6n(-c6nc(-c7ccc8c(c7)oc7ccccc78)nc(-c7ccc8c(c7)oc7ccccc78)n6)c45)ccc3c12. The number of aromatic nitrogens is 4. The molecule has 0 bridgehead atoms. The fourth-order valence-corrected chi connectivity index (χ4v) is 12.5. The average molecular weight is 955 g/mol. The molecule has 0 aliphatic carbocycles. The maximum absolute atomic E-state index is 6.46. The molecular formula is C66H42N4O2S. The molecule has 5 heterocycles. The molecule has 11 aromatic carbocycles. The van der Waals surface area contributed by atoms with Crippen LogP contribution >= 0.6 is 11.3 Å². The van der Waals surface area contributed by atoms with Crippen molar-refractivity contribution >= 4 is 130 Å². The molecule has 16 aromatic rings. The van der Waals surface area contributed by atoms with Crippen LogP contribution in [0.2, 0.25) is 0 Å². The van der Waals surface area contributed by atoms with E-state index in [1.54, 1.807) is 0 Å². The van der Waals surface area contributed by atoms with Gasteiger partial charge in [0, 0.05) is 74.6 Å². The Bertz CT molecular complexity index is 4810. The molecule has 5 aromatic heterocycles. The number of thiophene rings is 1. The van der Waals surface area contributed by atoms with E-state index in [1.807, 2.05) is 47.7 Å². The van der Waals surface area contributed by atoms with Crippen molar-refractivity contribution in [3.8, 4) is 39.9 Å². The highest BCUT2D eigenvalue weighted by atomic mass is 32.1. The smallest absolute Gasteiger partial charge is 0.238 e. The summed E-state index contributed by atoms with van der Waals surface area (Å²) in [5.41, 5.74) is 9.12. The van der Waals surface area contributed by atoms with Gasteiger partial charge in [-0.05, 0) is 81.0 Å². The minimum absolute atomic E-state index is 0.511. The number of benzene rings is 11. The van der Waals surface area contributed by atoms with Gasteiger partial charge >= 0.3 is 0 Å². The van der Waals surface area contributed by atoms with Crippen molar-refractivity contribution in [2.24, 2.45) is 0 Å². The quantitative estimate of drug-likeness (QED) is 0.164. The van der Waals surface area contributed by atoms with Crippen LogP contribution in [0, 0.1) is 0 Å². The second kappa shape index (κ2) is 16.2. The van der Waals surface area contributed by atoms with E-state index in [4.69, 9.17) is 23.8 Å². The van der Waals surface area contributed by atoms with Gasteiger partial charge in [0.05, 0.1) is 11.0 Å². The summed E-state index contributed by atoms with van der Waals surface area (Å²) in [5, 5.41) is 16.2. The van der Waals surface area contributed by atoms with Gasteiger partial charge in [-0.3, -0.25) is 4.57 Å². The Morgan fingerprint density at radius 3 is 1.56 bits per heavy atom. The fraction of sp³-hybridized carbons (Fsp3) is 0.0455. The lowest BCUT2D eigenvalue weighted by Gasteiger charge is -2.14. The first kappa shape index (κ1) is 41.6. The molecule has 16 rings (SSSR count). The summed E-state index contributed by atoms with van der Waals surface area (Å²) in [5.74, 6) is 1.57. The first-order valence-electron chi connectivity index (χ1n) is 24.9. The molecule has 0 unspecified atom stereocenters. The van der Waals surface area contributed by atoms with Gasteiger partial charge in [0.25, 0.3) is 0 Å². The molecule has 0 radical (unpaired) electrons. The number of furan rings is 2. The van der Waals surface area contributed by atoms with Crippen molar-refractivity contribution in [3.05, 3.63) is 206 Å². The molecule has 73 heavy (non-hydrogen) atoms. The van der Waals surface area contributed by atoms with Gasteiger partial charge in [-0.1, -0.05) is 178 Å². The van der Waals surface area contributed by atoms with Gasteiger partial charge in [0.2, 0.25) is 5.95 Å². The Balaban J connectivity index is 0.00000154. The van der Waals surface area contributed by atoms with E-state index in [9.17, 15) is 0 Å². The number of hydrogen-bond donors (Lipinski definition) is 0. The summed E-state index contributed by atoms with van der Waals surface area (Å²) in [7, 11) is 0. The Hall–Kier alpha value is -9.17. The lowest BCUT2D eigenvalue weighted by Crippen LogP contribution is -2.07. The maximum Gasteiger partial charge on any atom is 0.238 e. The summed E-state index contributed by atoms with van der Waals surface area (Å²) < 4.78 is 17.8. The molecular weight excluding hydrogens is 913 g/mol. The monoisotopic (exact) mass is 954 g/mol. The van der Waals surface area contributed by atoms with E-state index in [0.29, 0.717) is 17.6 Å². The lowest BCUT2D eigenvalue weighted by molar-refractivity contribution is 0.668. The topological polar surface area (TPSA) is 69.9 Å². The molecule has 6 nitrogen and oxygen atoms in total. The van der Waals surface area contributed by atoms with E-state index in [2.05, 4.69) is 188 Å². The van der Waals surface area contributed by atoms with Gasteiger partial charge in [-0.25, -0.2) is 4.98 Å². The van der Waals surface area contributed by atoms with Gasteiger partial charge in [-0.2, -0.15) is 9.97 Å². The van der Waals surface area contributed by atoms with E-state index in [-0.39, 0.29) is 0 Å². The van der Waals surface area contributed by atoms with Crippen LogP contribution in [0.15, 0.2) is 215 Å². The summed E-state index contributed by atoms with van der Waals surface area (Å²) in [6.45, 7) is 4.25. The normalized spacial score (nSPS) is 12.0.